The molecule has 0 aliphatic carbocycles. The number of hydrogen-bond acceptors (Lipinski definition) is 5. The summed E-state index contributed by atoms with van der Waals surface area (Å²) in [7, 11) is 0. The van der Waals surface area contributed by atoms with Crippen LogP contribution in [0.3, 0.4) is 0 Å². The summed E-state index contributed by atoms with van der Waals surface area (Å²) in [4.78, 5) is 25.7. The zero-order valence-corrected chi connectivity index (χ0v) is 18.2. The summed E-state index contributed by atoms with van der Waals surface area (Å²) in [6, 6.07) is 13.9. The molecule has 7 nitrogen and oxygen atoms in total. The van der Waals surface area contributed by atoms with Crippen molar-refractivity contribution in [3.05, 3.63) is 81.2 Å². The van der Waals surface area contributed by atoms with Gasteiger partial charge in [0, 0.05) is 15.2 Å². The first-order chi connectivity index (χ1) is 14.4. The fourth-order valence-corrected chi connectivity index (χ4v) is 3.71. The van der Waals surface area contributed by atoms with Crippen LogP contribution in [-0.4, -0.2) is 23.4 Å². The first-order valence-corrected chi connectivity index (χ1v) is 10.2. The van der Waals surface area contributed by atoms with Crippen molar-refractivity contribution in [3.63, 3.8) is 0 Å². The Hall–Kier alpha value is -2.97. The number of hydrogen-bond donors (Lipinski definition) is 2. The van der Waals surface area contributed by atoms with Crippen LogP contribution in [0.25, 0.3) is 0 Å². The molecule has 1 atom stereocenters. The van der Waals surface area contributed by atoms with Crippen LogP contribution in [0.4, 0.5) is 5.69 Å². The maximum absolute atomic E-state index is 13.1. The predicted molar refractivity (Wildman–Crippen MR) is 115 cm³/mol. The Balaban J connectivity index is 1.54. The van der Waals surface area contributed by atoms with E-state index in [4.69, 9.17) is 20.8 Å². The second-order valence-corrected chi connectivity index (χ2v) is 8.01. The zero-order chi connectivity index (χ0) is 21.3. The van der Waals surface area contributed by atoms with Crippen molar-refractivity contribution in [2.75, 3.05) is 11.9 Å². The third-order valence-electron chi connectivity index (χ3n) is 4.53. The maximum atomic E-state index is 13.1. The number of anilines is 1. The van der Waals surface area contributed by atoms with Crippen molar-refractivity contribution in [3.8, 4) is 5.75 Å². The smallest absolute Gasteiger partial charge is 0.276 e. The van der Waals surface area contributed by atoms with Crippen LogP contribution in [0, 0.1) is 6.92 Å². The van der Waals surface area contributed by atoms with E-state index in [1.165, 1.54) is 11.3 Å². The number of halogens is 2. The normalized spacial score (nSPS) is 15.4. The Morgan fingerprint density at radius 3 is 2.87 bits per heavy atom. The molecule has 2 aromatic carbocycles. The lowest BCUT2D eigenvalue weighted by atomic mass is 10.1. The molecule has 0 radical (unpaired) electrons. The van der Waals surface area contributed by atoms with E-state index in [9.17, 15) is 9.59 Å². The van der Waals surface area contributed by atoms with E-state index in [0.29, 0.717) is 27.8 Å². The SMILES string of the molecule is Cc1cc(Cl)ccc1OCC(=O)NN1C(=O)c2cc(Br)ccc2NC1c1ccco1. The number of carbonyl (C=O) groups is 2. The van der Waals surface area contributed by atoms with Gasteiger partial charge < -0.3 is 14.5 Å². The van der Waals surface area contributed by atoms with E-state index in [2.05, 4.69) is 26.7 Å². The highest BCUT2D eigenvalue weighted by Crippen LogP contribution is 2.33. The lowest BCUT2D eigenvalue weighted by Crippen LogP contribution is -2.53. The molecule has 1 aliphatic heterocycles. The Morgan fingerprint density at radius 1 is 1.30 bits per heavy atom. The molecule has 2 N–H and O–H groups in total. The number of nitrogens with zero attached hydrogens (tertiary/aromatic N) is 1. The van der Waals surface area contributed by atoms with Gasteiger partial charge in [-0.25, -0.2) is 5.01 Å². The van der Waals surface area contributed by atoms with Crippen LogP contribution in [0.5, 0.6) is 5.75 Å². The number of aryl methyl sites for hydroxylation is 1. The molecular formula is C21H17BrClN3O4. The third kappa shape index (κ3) is 4.15. The van der Waals surface area contributed by atoms with Gasteiger partial charge in [0.05, 0.1) is 11.8 Å². The molecule has 4 rings (SSSR count). The molecule has 2 amide bonds. The summed E-state index contributed by atoms with van der Waals surface area (Å²) in [5.74, 6) is 0.151. The molecule has 1 aromatic heterocycles. The summed E-state index contributed by atoms with van der Waals surface area (Å²) >= 11 is 9.31. The van der Waals surface area contributed by atoms with Crippen LogP contribution >= 0.6 is 27.5 Å². The molecule has 2 heterocycles. The molecule has 0 bridgehead atoms. The maximum Gasteiger partial charge on any atom is 0.276 e. The molecule has 1 unspecified atom stereocenters. The first-order valence-electron chi connectivity index (χ1n) is 9.04. The first kappa shape index (κ1) is 20.3. The van der Waals surface area contributed by atoms with Gasteiger partial charge in [0.15, 0.2) is 12.8 Å². The van der Waals surface area contributed by atoms with Gasteiger partial charge in [0.2, 0.25) is 0 Å². The average Bonchev–Trinajstić information content (AvgIpc) is 3.24. The lowest BCUT2D eigenvalue weighted by molar-refractivity contribution is -0.127. The van der Waals surface area contributed by atoms with Crippen molar-refractivity contribution >= 4 is 45.0 Å². The third-order valence-corrected chi connectivity index (χ3v) is 5.26. The molecule has 154 valence electrons. The quantitative estimate of drug-likeness (QED) is 0.542. The van der Waals surface area contributed by atoms with Gasteiger partial charge in [-0.05, 0) is 61.0 Å². The second kappa shape index (κ2) is 8.41. The Labute approximate surface area is 186 Å². The van der Waals surface area contributed by atoms with E-state index in [-0.39, 0.29) is 12.5 Å². The minimum absolute atomic E-state index is 0.275. The topological polar surface area (TPSA) is 83.8 Å². The van der Waals surface area contributed by atoms with Crippen LogP contribution < -0.4 is 15.5 Å². The van der Waals surface area contributed by atoms with Gasteiger partial charge in [0.1, 0.15) is 11.5 Å². The number of carbonyl (C=O) groups excluding carboxylic acids is 2. The summed E-state index contributed by atoms with van der Waals surface area (Å²) < 4.78 is 11.8. The largest absolute Gasteiger partial charge is 0.483 e. The fraction of sp³-hybridized carbons (Fsp3) is 0.143. The van der Waals surface area contributed by atoms with Gasteiger partial charge in [-0.1, -0.05) is 27.5 Å². The van der Waals surface area contributed by atoms with Gasteiger partial charge >= 0.3 is 0 Å². The number of nitrogens with one attached hydrogen (secondary N) is 2. The summed E-state index contributed by atoms with van der Waals surface area (Å²) in [5.41, 5.74) is 4.49. The van der Waals surface area contributed by atoms with Crippen molar-refractivity contribution in [2.45, 2.75) is 13.1 Å². The highest BCUT2D eigenvalue weighted by molar-refractivity contribution is 9.10. The molecule has 3 aromatic rings. The van der Waals surface area contributed by atoms with Gasteiger partial charge in [-0.3, -0.25) is 15.0 Å². The van der Waals surface area contributed by atoms with Crippen molar-refractivity contribution in [2.24, 2.45) is 0 Å². The van der Waals surface area contributed by atoms with Crippen LogP contribution in [0.1, 0.15) is 27.8 Å². The zero-order valence-electron chi connectivity index (χ0n) is 15.8. The molecule has 30 heavy (non-hydrogen) atoms. The van der Waals surface area contributed by atoms with E-state index >= 15 is 0 Å². The van der Waals surface area contributed by atoms with E-state index < -0.39 is 12.1 Å². The number of rotatable bonds is 5. The molecular weight excluding hydrogens is 474 g/mol. The lowest BCUT2D eigenvalue weighted by Gasteiger charge is -2.36. The van der Waals surface area contributed by atoms with E-state index in [1.54, 1.807) is 42.5 Å². The molecule has 0 spiro atoms. The fourth-order valence-electron chi connectivity index (χ4n) is 3.12. The van der Waals surface area contributed by atoms with Crippen LogP contribution in [-0.2, 0) is 4.79 Å². The van der Waals surface area contributed by atoms with Gasteiger partial charge in [0.25, 0.3) is 11.8 Å². The van der Waals surface area contributed by atoms with Gasteiger partial charge in [-0.2, -0.15) is 0 Å². The number of ether oxygens (including phenoxy) is 1. The number of furan rings is 1. The Kier molecular flexibility index (Phi) is 5.69. The number of benzene rings is 2. The number of amides is 2. The van der Waals surface area contributed by atoms with E-state index in [1.807, 2.05) is 13.0 Å². The van der Waals surface area contributed by atoms with E-state index in [0.717, 1.165) is 10.0 Å². The predicted octanol–water partition coefficient (Wildman–Crippen LogP) is 4.68. The van der Waals surface area contributed by atoms with Crippen LogP contribution in [0.2, 0.25) is 5.02 Å². The Bertz CT molecular complexity index is 1100. The standard InChI is InChI=1S/C21H17BrClN3O4/c1-12-9-14(23)5-7-17(12)30-11-19(27)25-26-20(18-3-2-8-29-18)24-16-6-4-13(22)10-15(16)21(26)28/h2-10,20,24H,11H2,1H3,(H,25,27). The van der Waals surface area contributed by atoms with Crippen LogP contribution in [0.15, 0.2) is 63.7 Å². The number of fused-ring (bicyclic) bond motifs is 1. The van der Waals surface area contributed by atoms with Gasteiger partial charge in [-0.15, -0.1) is 0 Å². The molecule has 1 aliphatic rings. The van der Waals surface area contributed by atoms with Crippen molar-refractivity contribution in [1.29, 1.82) is 0 Å². The minimum atomic E-state index is -0.706. The highest BCUT2D eigenvalue weighted by Gasteiger charge is 2.36. The molecule has 0 saturated carbocycles. The van der Waals surface area contributed by atoms with Crippen molar-refractivity contribution in [1.82, 2.24) is 10.4 Å². The summed E-state index contributed by atoms with van der Waals surface area (Å²) in [6.07, 6.45) is 0.799. The minimum Gasteiger partial charge on any atom is -0.483 e. The average molecular weight is 491 g/mol. The highest BCUT2D eigenvalue weighted by atomic mass is 79.9. The Morgan fingerprint density at radius 2 is 2.13 bits per heavy atom. The molecule has 0 saturated heterocycles. The number of hydrazine groups is 1. The van der Waals surface area contributed by atoms with Crippen molar-refractivity contribution < 1.29 is 18.7 Å². The second-order valence-electron chi connectivity index (χ2n) is 6.66. The molecule has 9 heteroatoms. The summed E-state index contributed by atoms with van der Waals surface area (Å²) in [5, 5.41) is 5.01. The monoisotopic (exact) mass is 489 g/mol. The molecule has 0 fully saturated rings. The summed E-state index contributed by atoms with van der Waals surface area (Å²) in [6.45, 7) is 1.56.